The third-order valence-corrected chi connectivity index (χ3v) is 2.83. The Morgan fingerprint density at radius 3 is 2.50 bits per heavy atom. The maximum absolute atomic E-state index is 11.9. The van der Waals surface area contributed by atoms with Crippen LogP contribution in [0.5, 0.6) is 0 Å². The van der Waals surface area contributed by atoms with Gasteiger partial charge in [0.2, 0.25) is 5.91 Å². The topological polar surface area (TPSA) is 55.4 Å². The average Bonchev–Trinajstić information content (AvgIpc) is 2.47. The molecule has 0 heterocycles. The number of unbranched alkanes of at least 4 members (excludes halogenated alkanes) is 2. The number of benzene rings is 1. The minimum Gasteiger partial charge on any atom is -0.466 e. The van der Waals surface area contributed by atoms with Crippen LogP contribution in [-0.2, 0) is 14.3 Å². The number of amides is 1. The molecule has 1 N–H and O–H groups in total. The van der Waals surface area contributed by atoms with Crippen molar-refractivity contribution in [3.8, 4) is 0 Å². The molecule has 1 rings (SSSR count). The summed E-state index contributed by atoms with van der Waals surface area (Å²) in [6.45, 7) is 2.09. The van der Waals surface area contributed by atoms with E-state index in [4.69, 9.17) is 0 Å². The number of hydrogen-bond acceptors (Lipinski definition) is 3. The predicted octanol–water partition coefficient (Wildman–Crippen LogP) is 2.90. The number of hydrogen-bond donors (Lipinski definition) is 1. The smallest absolute Gasteiger partial charge is 0.332 e. The van der Waals surface area contributed by atoms with Gasteiger partial charge in [0.05, 0.1) is 12.8 Å². The molecule has 0 saturated heterocycles. The van der Waals surface area contributed by atoms with Crippen molar-refractivity contribution in [1.82, 2.24) is 5.32 Å². The Morgan fingerprint density at radius 1 is 1.20 bits per heavy atom. The number of nitrogens with one attached hydrogen (secondary N) is 1. The van der Waals surface area contributed by atoms with Gasteiger partial charge in [-0.25, -0.2) is 4.79 Å². The Labute approximate surface area is 119 Å². The summed E-state index contributed by atoms with van der Waals surface area (Å²) in [5.41, 5.74) is 1.25. The fraction of sp³-hybridized carbons (Fsp3) is 0.375. The predicted molar refractivity (Wildman–Crippen MR) is 78.7 cm³/mol. The van der Waals surface area contributed by atoms with E-state index in [-0.39, 0.29) is 5.91 Å². The molecule has 20 heavy (non-hydrogen) atoms. The van der Waals surface area contributed by atoms with Gasteiger partial charge in [-0.1, -0.05) is 50.1 Å². The van der Waals surface area contributed by atoms with E-state index in [1.54, 1.807) is 0 Å². The number of ether oxygens (including phenoxy) is 1. The quantitative estimate of drug-likeness (QED) is 0.473. The minimum absolute atomic E-state index is 0.0857. The molecule has 4 heteroatoms. The van der Waals surface area contributed by atoms with Crippen molar-refractivity contribution < 1.29 is 14.3 Å². The van der Waals surface area contributed by atoms with Gasteiger partial charge in [0.1, 0.15) is 0 Å². The Balaban J connectivity index is 2.77. The molecular weight excluding hydrogens is 254 g/mol. The molecule has 0 bridgehead atoms. The molecule has 4 nitrogen and oxygen atoms in total. The highest BCUT2D eigenvalue weighted by atomic mass is 16.5. The molecule has 1 amide bonds. The van der Waals surface area contributed by atoms with E-state index in [1.165, 1.54) is 13.2 Å². The molecule has 0 radical (unpaired) electrons. The zero-order chi connectivity index (χ0) is 14.8. The summed E-state index contributed by atoms with van der Waals surface area (Å²) in [4.78, 5) is 23.3. The fourth-order valence-corrected chi connectivity index (χ4v) is 1.73. The SMILES string of the molecule is CCCCCC(=O)NC(=CC(=O)OC)c1ccccc1. The van der Waals surface area contributed by atoms with Gasteiger partial charge < -0.3 is 10.1 Å². The van der Waals surface area contributed by atoms with E-state index < -0.39 is 5.97 Å². The average molecular weight is 275 g/mol. The summed E-state index contributed by atoms with van der Waals surface area (Å²) in [5, 5.41) is 2.78. The largest absolute Gasteiger partial charge is 0.466 e. The van der Waals surface area contributed by atoms with Crippen molar-refractivity contribution in [3.05, 3.63) is 42.0 Å². The summed E-state index contributed by atoms with van der Waals surface area (Å²) >= 11 is 0. The molecule has 0 aliphatic rings. The second kappa shape index (κ2) is 8.91. The maximum atomic E-state index is 11.9. The van der Waals surface area contributed by atoms with Crippen LogP contribution in [0.2, 0.25) is 0 Å². The van der Waals surface area contributed by atoms with Crippen LogP contribution in [0.15, 0.2) is 36.4 Å². The first-order chi connectivity index (χ1) is 9.67. The van der Waals surface area contributed by atoms with Crippen LogP contribution in [0, 0.1) is 0 Å². The van der Waals surface area contributed by atoms with E-state index in [9.17, 15) is 9.59 Å². The van der Waals surface area contributed by atoms with Crippen LogP contribution >= 0.6 is 0 Å². The maximum Gasteiger partial charge on any atom is 0.332 e. The van der Waals surface area contributed by atoms with E-state index in [1.807, 2.05) is 30.3 Å². The minimum atomic E-state index is -0.488. The summed E-state index contributed by atoms with van der Waals surface area (Å²) in [5.74, 6) is -0.574. The zero-order valence-corrected chi connectivity index (χ0v) is 12.0. The molecule has 0 aliphatic heterocycles. The highest BCUT2D eigenvalue weighted by Crippen LogP contribution is 2.12. The molecule has 0 aromatic heterocycles. The third-order valence-electron chi connectivity index (χ3n) is 2.83. The summed E-state index contributed by atoms with van der Waals surface area (Å²) < 4.78 is 4.62. The first kappa shape index (κ1) is 16.0. The Kier molecular flexibility index (Phi) is 7.11. The van der Waals surface area contributed by atoms with Crippen LogP contribution < -0.4 is 5.32 Å². The lowest BCUT2D eigenvalue weighted by Crippen LogP contribution is -2.22. The molecule has 0 atom stereocenters. The summed E-state index contributed by atoms with van der Waals surface area (Å²) in [6, 6.07) is 9.25. The van der Waals surface area contributed by atoms with Crippen molar-refractivity contribution in [1.29, 1.82) is 0 Å². The summed E-state index contributed by atoms with van der Waals surface area (Å²) in [7, 11) is 1.31. The second-order valence-electron chi connectivity index (χ2n) is 4.45. The van der Waals surface area contributed by atoms with E-state index in [0.717, 1.165) is 24.8 Å². The van der Waals surface area contributed by atoms with E-state index >= 15 is 0 Å². The Morgan fingerprint density at radius 2 is 1.90 bits per heavy atom. The van der Waals surface area contributed by atoms with Gasteiger partial charge in [0.25, 0.3) is 0 Å². The lowest BCUT2D eigenvalue weighted by atomic mass is 10.1. The number of carbonyl (C=O) groups excluding carboxylic acids is 2. The van der Waals surface area contributed by atoms with Crippen LogP contribution in [0.4, 0.5) is 0 Å². The third kappa shape index (κ3) is 5.69. The van der Waals surface area contributed by atoms with Crippen molar-refractivity contribution in [2.24, 2.45) is 0 Å². The van der Waals surface area contributed by atoms with Crippen molar-refractivity contribution in [2.45, 2.75) is 32.6 Å². The van der Waals surface area contributed by atoms with Crippen LogP contribution in [-0.4, -0.2) is 19.0 Å². The van der Waals surface area contributed by atoms with Gasteiger partial charge in [-0.3, -0.25) is 4.79 Å². The zero-order valence-electron chi connectivity index (χ0n) is 12.0. The highest BCUT2D eigenvalue weighted by molar-refractivity contribution is 5.95. The van der Waals surface area contributed by atoms with Crippen molar-refractivity contribution >= 4 is 17.6 Å². The van der Waals surface area contributed by atoms with Gasteiger partial charge in [-0.05, 0) is 12.0 Å². The van der Waals surface area contributed by atoms with Gasteiger partial charge in [0.15, 0.2) is 0 Å². The number of methoxy groups -OCH3 is 1. The van der Waals surface area contributed by atoms with Crippen LogP contribution in [0.25, 0.3) is 5.70 Å². The number of carbonyl (C=O) groups is 2. The van der Waals surface area contributed by atoms with Crippen LogP contribution in [0.1, 0.15) is 38.2 Å². The van der Waals surface area contributed by atoms with Gasteiger partial charge in [-0.2, -0.15) is 0 Å². The van der Waals surface area contributed by atoms with Gasteiger partial charge in [0, 0.05) is 12.5 Å². The Hall–Kier alpha value is -2.10. The highest BCUT2D eigenvalue weighted by Gasteiger charge is 2.09. The first-order valence-electron chi connectivity index (χ1n) is 6.82. The second-order valence-corrected chi connectivity index (χ2v) is 4.45. The van der Waals surface area contributed by atoms with Gasteiger partial charge in [-0.15, -0.1) is 0 Å². The molecule has 0 fully saturated rings. The molecule has 1 aromatic rings. The summed E-state index contributed by atoms with van der Waals surface area (Å²) in [6.07, 6.45) is 4.69. The standard InChI is InChI=1S/C16H21NO3/c1-3-4-6-11-15(18)17-14(12-16(19)20-2)13-9-7-5-8-10-13/h5,7-10,12H,3-4,6,11H2,1-2H3,(H,17,18). The first-order valence-corrected chi connectivity index (χ1v) is 6.82. The monoisotopic (exact) mass is 275 g/mol. The fourth-order valence-electron chi connectivity index (χ4n) is 1.73. The number of esters is 1. The normalized spacial score (nSPS) is 11.0. The molecule has 0 aliphatic carbocycles. The number of rotatable bonds is 7. The molecule has 0 saturated carbocycles. The molecule has 0 unspecified atom stereocenters. The molecular formula is C16H21NO3. The van der Waals surface area contributed by atoms with Crippen molar-refractivity contribution in [3.63, 3.8) is 0 Å². The molecule has 1 aromatic carbocycles. The van der Waals surface area contributed by atoms with E-state index in [0.29, 0.717) is 12.1 Å². The Bertz CT molecular complexity index is 466. The van der Waals surface area contributed by atoms with E-state index in [2.05, 4.69) is 17.0 Å². The molecule has 0 spiro atoms. The lowest BCUT2D eigenvalue weighted by Gasteiger charge is -2.10. The molecule has 108 valence electrons. The van der Waals surface area contributed by atoms with Gasteiger partial charge >= 0.3 is 5.97 Å². The van der Waals surface area contributed by atoms with Crippen molar-refractivity contribution in [2.75, 3.05) is 7.11 Å². The van der Waals surface area contributed by atoms with Crippen LogP contribution in [0.3, 0.4) is 0 Å². The lowest BCUT2D eigenvalue weighted by molar-refractivity contribution is -0.134.